The van der Waals surface area contributed by atoms with Gasteiger partial charge in [-0.25, -0.2) is 8.42 Å². The molecule has 0 saturated carbocycles. The topological polar surface area (TPSA) is 64.0 Å². The smallest absolute Gasteiger partial charge is 0.263 e. The molecule has 7 heteroatoms. The molecule has 0 amide bonds. The van der Waals surface area contributed by atoms with E-state index in [-0.39, 0.29) is 10.7 Å². The lowest BCUT2D eigenvalue weighted by Gasteiger charge is -2.06. The van der Waals surface area contributed by atoms with Gasteiger partial charge in [-0.05, 0) is 23.8 Å². The summed E-state index contributed by atoms with van der Waals surface area (Å²) >= 11 is 6.11. The molecule has 1 heterocycles. The maximum absolute atomic E-state index is 12.2. The minimum absolute atomic E-state index is 0.195. The van der Waals surface area contributed by atoms with Crippen molar-refractivity contribution < 1.29 is 8.42 Å². The summed E-state index contributed by atoms with van der Waals surface area (Å²) in [7, 11) is -3.63. The zero-order valence-corrected chi connectivity index (χ0v) is 13.6. The molecule has 2 aromatic carbocycles. The van der Waals surface area contributed by atoms with Crippen LogP contribution in [0.1, 0.15) is 5.56 Å². The Morgan fingerprint density at radius 2 is 1.70 bits per heavy atom. The van der Waals surface area contributed by atoms with E-state index in [9.17, 15) is 8.42 Å². The van der Waals surface area contributed by atoms with Gasteiger partial charge in [0.2, 0.25) is 0 Å². The van der Waals surface area contributed by atoms with Crippen LogP contribution in [-0.4, -0.2) is 18.2 Å². The third-order valence-corrected chi connectivity index (χ3v) is 4.96. The van der Waals surface area contributed by atoms with Crippen LogP contribution in [0.15, 0.2) is 71.8 Å². The molecular formula is C16H14ClN3O2S. The second-order valence-electron chi connectivity index (χ2n) is 4.91. The summed E-state index contributed by atoms with van der Waals surface area (Å²) in [5, 5.41) is 4.87. The van der Waals surface area contributed by atoms with Crippen molar-refractivity contribution in [3.8, 4) is 0 Å². The maximum Gasteiger partial charge on any atom is 0.263 e. The van der Waals surface area contributed by atoms with Gasteiger partial charge in [0.25, 0.3) is 10.0 Å². The number of benzene rings is 2. The zero-order valence-electron chi connectivity index (χ0n) is 12.1. The number of rotatable bonds is 5. The van der Waals surface area contributed by atoms with E-state index in [1.165, 1.54) is 12.1 Å². The minimum Gasteiger partial charge on any atom is -0.266 e. The Labute approximate surface area is 139 Å². The van der Waals surface area contributed by atoms with Crippen molar-refractivity contribution in [3.63, 3.8) is 0 Å². The molecule has 0 unspecified atom stereocenters. The van der Waals surface area contributed by atoms with E-state index in [4.69, 9.17) is 11.6 Å². The van der Waals surface area contributed by atoms with Crippen LogP contribution in [-0.2, 0) is 16.6 Å². The standard InChI is InChI=1S/C16H14ClN3O2S/c17-15-9-5-4-6-13(15)12-20-11-10-16(18-20)19-23(21,22)14-7-2-1-3-8-14/h1-11H,12H2,(H,18,19). The fourth-order valence-electron chi connectivity index (χ4n) is 2.10. The first kappa shape index (κ1) is 15.6. The Kier molecular flexibility index (Phi) is 4.36. The highest BCUT2D eigenvalue weighted by atomic mass is 35.5. The molecule has 0 aliphatic heterocycles. The van der Waals surface area contributed by atoms with Crippen LogP contribution in [0.2, 0.25) is 5.02 Å². The fraction of sp³-hybridized carbons (Fsp3) is 0.0625. The quantitative estimate of drug-likeness (QED) is 0.769. The minimum atomic E-state index is -3.63. The summed E-state index contributed by atoms with van der Waals surface area (Å²) in [6, 6.07) is 17.2. The van der Waals surface area contributed by atoms with Crippen molar-refractivity contribution in [3.05, 3.63) is 77.4 Å². The van der Waals surface area contributed by atoms with Crippen molar-refractivity contribution in [1.82, 2.24) is 9.78 Å². The lowest BCUT2D eigenvalue weighted by atomic mass is 10.2. The Hall–Kier alpha value is -2.31. The number of nitrogens with one attached hydrogen (secondary N) is 1. The number of hydrogen-bond donors (Lipinski definition) is 1. The molecule has 23 heavy (non-hydrogen) atoms. The van der Waals surface area contributed by atoms with E-state index in [2.05, 4.69) is 9.82 Å². The molecule has 0 atom stereocenters. The van der Waals surface area contributed by atoms with Crippen LogP contribution in [0.4, 0.5) is 5.82 Å². The molecule has 0 saturated heterocycles. The molecule has 3 aromatic rings. The van der Waals surface area contributed by atoms with Crippen LogP contribution in [0, 0.1) is 0 Å². The largest absolute Gasteiger partial charge is 0.266 e. The normalized spacial score (nSPS) is 11.3. The lowest BCUT2D eigenvalue weighted by Crippen LogP contribution is -2.13. The Balaban J connectivity index is 1.77. The van der Waals surface area contributed by atoms with E-state index in [1.807, 2.05) is 18.2 Å². The summed E-state index contributed by atoms with van der Waals surface area (Å²) in [5.74, 6) is 0.265. The summed E-state index contributed by atoms with van der Waals surface area (Å²) in [5.41, 5.74) is 0.912. The molecular weight excluding hydrogens is 334 g/mol. The third kappa shape index (κ3) is 3.72. The van der Waals surface area contributed by atoms with E-state index >= 15 is 0 Å². The lowest BCUT2D eigenvalue weighted by molar-refractivity contribution is 0.600. The van der Waals surface area contributed by atoms with Gasteiger partial charge in [-0.3, -0.25) is 9.40 Å². The molecule has 1 aromatic heterocycles. The zero-order chi connectivity index (χ0) is 16.3. The highest BCUT2D eigenvalue weighted by Gasteiger charge is 2.15. The van der Waals surface area contributed by atoms with Crippen molar-refractivity contribution in [2.75, 3.05) is 4.72 Å². The first-order valence-electron chi connectivity index (χ1n) is 6.89. The first-order chi connectivity index (χ1) is 11.0. The molecule has 0 radical (unpaired) electrons. The maximum atomic E-state index is 12.2. The summed E-state index contributed by atoms with van der Waals surface area (Å²) in [6.07, 6.45) is 1.70. The van der Waals surface area contributed by atoms with E-state index < -0.39 is 10.0 Å². The van der Waals surface area contributed by atoms with Gasteiger partial charge < -0.3 is 0 Å². The SMILES string of the molecule is O=S(=O)(Nc1ccn(Cc2ccccc2Cl)n1)c1ccccc1. The predicted molar refractivity (Wildman–Crippen MR) is 90.0 cm³/mol. The highest BCUT2D eigenvalue weighted by molar-refractivity contribution is 7.92. The summed E-state index contributed by atoms with van der Waals surface area (Å²) in [6.45, 7) is 0.465. The molecule has 0 aliphatic carbocycles. The van der Waals surface area contributed by atoms with Gasteiger partial charge in [0.05, 0.1) is 11.4 Å². The molecule has 0 spiro atoms. The number of nitrogens with zero attached hydrogens (tertiary/aromatic N) is 2. The van der Waals surface area contributed by atoms with Gasteiger partial charge >= 0.3 is 0 Å². The number of halogens is 1. The van der Waals surface area contributed by atoms with Gasteiger partial charge in [-0.2, -0.15) is 5.10 Å². The van der Waals surface area contributed by atoms with Gasteiger partial charge in [-0.15, -0.1) is 0 Å². The number of sulfonamides is 1. The Bertz CT molecular complexity index is 908. The third-order valence-electron chi connectivity index (χ3n) is 3.22. The van der Waals surface area contributed by atoms with Crippen LogP contribution in [0.25, 0.3) is 0 Å². The van der Waals surface area contributed by atoms with Crippen LogP contribution < -0.4 is 4.72 Å². The number of anilines is 1. The second-order valence-corrected chi connectivity index (χ2v) is 7.00. The second kappa shape index (κ2) is 6.44. The Morgan fingerprint density at radius 3 is 2.43 bits per heavy atom. The average molecular weight is 348 g/mol. The monoisotopic (exact) mass is 347 g/mol. The van der Waals surface area contributed by atoms with E-state index in [1.54, 1.807) is 41.2 Å². The van der Waals surface area contributed by atoms with Crippen molar-refractivity contribution in [1.29, 1.82) is 0 Å². The van der Waals surface area contributed by atoms with Gasteiger partial charge in [0.15, 0.2) is 5.82 Å². The Morgan fingerprint density at radius 1 is 1.00 bits per heavy atom. The molecule has 0 bridgehead atoms. The number of aromatic nitrogens is 2. The summed E-state index contributed by atoms with van der Waals surface area (Å²) in [4.78, 5) is 0.195. The van der Waals surface area contributed by atoms with Gasteiger partial charge in [0.1, 0.15) is 0 Å². The molecule has 5 nitrogen and oxygen atoms in total. The molecule has 0 aliphatic rings. The van der Waals surface area contributed by atoms with Crippen LogP contribution >= 0.6 is 11.6 Å². The van der Waals surface area contributed by atoms with Crippen LogP contribution in [0.5, 0.6) is 0 Å². The van der Waals surface area contributed by atoms with Crippen molar-refractivity contribution in [2.45, 2.75) is 11.4 Å². The van der Waals surface area contributed by atoms with Crippen molar-refractivity contribution >= 4 is 27.4 Å². The van der Waals surface area contributed by atoms with E-state index in [0.29, 0.717) is 11.6 Å². The first-order valence-corrected chi connectivity index (χ1v) is 8.75. The van der Waals surface area contributed by atoms with Gasteiger partial charge in [0, 0.05) is 17.3 Å². The summed E-state index contributed by atoms with van der Waals surface area (Å²) < 4.78 is 28.6. The molecule has 0 fully saturated rings. The van der Waals surface area contributed by atoms with Gasteiger partial charge in [-0.1, -0.05) is 48.0 Å². The average Bonchev–Trinajstić information content (AvgIpc) is 2.97. The van der Waals surface area contributed by atoms with Crippen molar-refractivity contribution in [2.24, 2.45) is 0 Å². The van der Waals surface area contributed by atoms with E-state index in [0.717, 1.165) is 5.56 Å². The highest BCUT2D eigenvalue weighted by Crippen LogP contribution is 2.17. The predicted octanol–water partition coefficient (Wildman–Crippen LogP) is 3.39. The fourth-order valence-corrected chi connectivity index (χ4v) is 3.31. The molecule has 118 valence electrons. The number of hydrogen-bond acceptors (Lipinski definition) is 3. The van der Waals surface area contributed by atoms with Crippen LogP contribution in [0.3, 0.4) is 0 Å². The molecule has 3 rings (SSSR count). The molecule has 1 N–H and O–H groups in total.